The quantitative estimate of drug-likeness (QED) is 0.776. The fourth-order valence-corrected chi connectivity index (χ4v) is 3.24. The fourth-order valence-electron chi connectivity index (χ4n) is 1.49. The van der Waals surface area contributed by atoms with Crippen molar-refractivity contribution in [3.8, 4) is 5.75 Å². The van der Waals surface area contributed by atoms with Gasteiger partial charge in [0.15, 0.2) is 0 Å². The highest BCUT2D eigenvalue weighted by molar-refractivity contribution is 9.10. The lowest BCUT2D eigenvalue weighted by molar-refractivity contribution is 0.331. The summed E-state index contributed by atoms with van der Waals surface area (Å²) >= 11 is 3.27. The number of nitrogens with one attached hydrogen (secondary N) is 1. The number of sulfonamides is 1. The van der Waals surface area contributed by atoms with E-state index in [0.717, 1.165) is 0 Å². The molecule has 1 rings (SSSR count). The number of hydrogen-bond acceptors (Lipinski definition) is 4. The lowest BCUT2D eigenvalue weighted by atomic mass is 10.1. The van der Waals surface area contributed by atoms with E-state index in [2.05, 4.69) is 20.7 Å². The second-order valence-electron chi connectivity index (χ2n) is 4.78. The number of benzene rings is 1. The van der Waals surface area contributed by atoms with Crippen LogP contribution in [0.2, 0.25) is 0 Å². The topological polar surface area (TPSA) is 81.4 Å². The Kier molecular flexibility index (Phi) is 6.44. The van der Waals surface area contributed by atoms with Gasteiger partial charge >= 0.3 is 0 Å². The van der Waals surface area contributed by atoms with Crippen molar-refractivity contribution in [1.82, 2.24) is 4.72 Å². The first-order chi connectivity index (χ1) is 9.27. The van der Waals surface area contributed by atoms with E-state index in [1.165, 1.54) is 6.07 Å². The molecule has 20 heavy (non-hydrogen) atoms. The second kappa shape index (κ2) is 7.40. The first-order valence-electron chi connectivity index (χ1n) is 6.45. The van der Waals surface area contributed by atoms with Crippen LogP contribution in [0.25, 0.3) is 0 Å². The molecular formula is C13H21BrN2O3S. The van der Waals surface area contributed by atoms with E-state index in [0.29, 0.717) is 16.8 Å². The van der Waals surface area contributed by atoms with E-state index in [1.54, 1.807) is 19.1 Å². The summed E-state index contributed by atoms with van der Waals surface area (Å²) < 4.78 is 33.2. The molecule has 114 valence electrons. The largest absolute Gasteiger partial charge is 0.492 e. The Bertz CT molecular complexity index is 547. The minimum atomic E-state index is -3.65. The van der Waals surface area contributed by atoms with Gasteiger partial charge in [-0.2, -0.15) is 0 Å². The summed E-state index contributed by atoms with van der Waals surface area (Å²) in [6, 6.07) is 4.66. The van der Waals surface area contributed by atoms with Gasteiger partial charge < -0.3 is 10.5 Å². The first-order valence-corrected chi connectivity index (χ1v) is 8.73. The second-order valence-corrected chi connectivity index (χ2v) is 7.43. The maximum absolute atomic E-state index is 12.3. The molecule has 0 aliphatic heterocycles. The summed E-state index contributed by atoms with van der Waals surface area (Å²) in [5.74, 6) is 0.535. The molecule has 7 heteroatoms. The number of hydrogen-bond donors (Lipinski definition) is 2. The van der Waals surface area contributed by atoms with Gasteiger partial charge in [0.05, 0.1) is 6.61 Å². The zero-order valence-corrected chi connectivity index (χ0v) is 14.3. The Balaban J connectivity index is 2.99. The SMILES string of the molecule is CCOc1ccc(Br)cc1S(=O)(=O)NCC(N)C(C)C. The van der Waals surface area contributed by atoms with Crippen LogP contribution in [0.3, 0.4) is 0 Å². The van der Waals surface area contributed by atoms with Crippen LogP contribution in [-0.4, -0.2) is 27.6 Å². The van der Waals surface area contributed by atoms with Gasteiger partial charge in [-0.25, -0.2) is 13.1 Å². The van der Waals surface area contributed by atoms with E-state index in [1.807, 2.05) is 13.8 Å². The molecule has 0 heterocycles. The standard InChI is InChI=1S/C13H21BrN2O3S/c1-4-19-12-6-5-10(14)7-13(12)20(17,18)16-8-11(15)9(2)3/h5-7,9,11,16H,4,8,15H2,1-3H3. The molecule has 0 spiro atoms. The molecular weight excluding hydrogens is 344 g/mol. The Labute approximate surface area is 129 Å². The minimum absolute atomic E-state index is 0.115. The van der Waals surface area contributed by atoms with Gasteiger partial charge in [-0.05, 0) is 31.0 Å². The van der Waals surface area contributed by atoms with Crippen LogP contribution < -0.4 is 15.2 Å². The lowest BCUT2D eigenvalue weighted by Crippen LogP contribution is -2.40. The van der Waals surface area contributed by atoms with Gasteiger partial charge in [-0.15, -0.1) is 0 Å². The molecule has 0 amide bonds. The molecule has 0 fully saturated rings. The summed E-state index contributed by atoms with van der Waals surface area (Å²) in [6.07, 6.45) is 0. The normalized spacial score (nSPS) is 13.5. The molecule has 1 unspecified atom stereocenters. The molecule has 5 nitrogen and oxygen atoms in total. The van der Waals surface area contributed by atoms with Crippen molar-refractivity contribution >= 4 is 26.0 Å². The number of rotatable bonds is 7. The van der Waals surface area contributed by atoms with E-state index in [-0.39, 0.29) is 23.4 Å². The molecule has 0 saturated carbocycles. The molecule has 0 aliphatic rings. The van der Waals surface area contributed by atoms with Crippen molar-refractivity contribution in [2.45, 2.75) is 31.7 Å². The van der Waals surface area contributed by atoms with E-state index >= 15 is 0 Å². The maximum Gasteiger partial charge on any atom is 0.244 e. The van der Waals surface area contributed by atoms with Crippen molar-refractivity contribution in [1.29, 1.82) is 0 Å². The summed E-state index contributed by atoms with van der Waals surface area (Å²) in [5.41, 5.74) is 5.86. The van der Waals surface area contributed by atoms with Crippen molar-refractivity contribution in [3.63, 3.8) is 0 Å². The molecule has 0 aromatic heterocycles. The van der Waals surface area contributed by atoms with Crippen LogP contribution >= 0.6 is 15.9 Å². The smallest absolute Gasteiger partial charge is 0.244 e. The molecule has 0 radical (unpaired) electrons. The molecule has 0 bridgehead atoms. The predicted molar refractivity (Wildman–Crippen MR) is 83.3 cm³/mol. The summed E-state index contributed by atoms with van der Waals surface area (Å²) in [4.78, 5) is 0.115. The molecule has 3 N–H and O–H groups in total. The number of ether oxygens (including phenoxy) is 1. The van der Waals surface area contributed by atoms with E-state index in [4.69, 9.17) is 10.5 Å². The minimum Gasteiger partial charge on any atom is -0.492 e. The van der Waals surface area contributed by atoms with Gasteiger partial charge in [0.1, 0.15) is 10.6 Å². The average Bonchev–Trinajstić information content (AvgIpc) is 2.38. The summed E-state index contributed by atoms with van der Waals surface area (Å²) in [6.45, 7) is 6.29. The third-order valence-electron chi connectivity index (χ3n) is 2.86. The summed E-state index contributed by atoms with van der Waals surface area (Å²) in [7, 11) is -3.65. The predicted octanol–water partition coefficient (Wildman–Crippen LogP) is 2.11. The molecule has 0 saturated heterocycles. The van der Waals surface area contributed by atoms with Crippen LogP contribution in [-0.2, 0) is 10.0 Å². The third kappa shape index (κ3) is 4.73. The summed E-state index contributed by atoms with van der Waals surface area (Å²) in [5, 5.41) is 0. The lowest BCUT2D eigenvalue weighted by Gasteiger charge is -2.17. The highest BCUT2D eigenvalue weighted by Crippen LogP contribution is 2.27. The van der Waals surface area contributed by atoms with E-state index < -0.39 is 10.0 Å². The van der Waals surface area contributed by atoms with Gasteiger partial charge in [0.2, 0.25) is 10.0 Å². The number of halogens is 1. The Morgan fingerprint density at radius 3 is 2.60 bits per heavy atom. The molecule has 1 atom stereocenters. The van der Waals surface area contributed by atoms with Crippen molar-refractivity contribution in [3.05, 3.63) is 22.7 Å². The first kappa shape index (κ1) is 17.4. The highest BCUT2D eigenvalue weighted by atomic mass is 79.9. The van der Waals surface area contributed by atoms with E-state index in [9.17, 15) is 8.42 Å². The third-order valence-corrected chi connectivity index (χ3v) is 4.80. The van der Waals surface area contributed by atoms with Crippen LogP contribution in [0.5, 0.6) is 5.75 Å². The van der Waals surface area contributed by atoms with Crippen LogP contribution in [0.4, 0.5) is 0 Å². The Morgan fingerprint density at radius 1 is 1.40 bits per heavy atom. The van der Waals surface area contributed by atoms with Gasteiger partial charge in [-0.3, -0.25) is 0 Å². The van der Waals surface area contributed by atoms with Crippen LogP contribution in [0.1, 0.15) is 20.8 Å². The van der Waals surface area contributed by atoms with Gasteiger partial charge in [0.25, 0.3) is 0 Å². The molecule has 0 aliphatic carbocycles. The zero-order valence-electron chi connectivity index (χ0n) is 11.9. The van der Waals surface area contributed by atoms with Crippen molar-refractivity contribution < 1.29 is 13.2 Å². The Hall–Kier alpha value is -0.630. The Morgan fingerprint density at radius 2 is 2.05 bits per heavy atom. The number of nitrogens with two attached hydrogens (primary N) is 1. The monoisotopic (exact) mass is 364 g/mol. The van der Waals surface area contributed by atoms with Gasteiger partial charge in [-0.1, -0.05) is 29.8 Å². The van der Waals surface area contributed by atoms with Gasteiger partial charge in [0, 0.05) is 17.1 Å². The van der Waals surface area contributed by atoms with Crippen LogP contribution in [0.15, 0.2) is 27.6 Å². The highest BCUT2D eigenvalue weighted by Gasteiger charge is 2.21. The van der Waals surface area contributed by atoms with Crippen LogP contribution in [0, 0.1) is 5.92 Å². The van der Waals surface area contributed by atoms with Crippen molar-refractivity contribution in [2.75, 3.05) is 13.2 Å². The molecule has 1 aromatic carbocycles. The maximum atomic E-state index is 12.3. The van der Waals surface area contributed by atoms with Crippen molar-refractivity contribution in [2.24, 2.45) is 11.7 Å². The fraction of sp³-hybridized carbons (Fsp3) is 0.538. The zero-order chi connectivity index (χ0) is 15.3. The molecule has 1 aromatic rings. The average molecular weight is 365 g/mol.